The maximum Gasteiger partial charge on any atom is 0.410 e. The quantitative estimate of drug-likeness (QED) is 0.192. The smallest absolute Gasteiger partial charge is 0.410 e. The summed E-state index contributed by atoms with van der Waals surface area (Å²) < 4.78 is 16.7. The molecule has 1 aliphatic heterocycles. The Hall–Kier alpha value is -0.810. The molecule has 0 radical (unpaired) electrons. The monoisotopic (exact) mass is 540 g/mol. The third kappa shape index (κ3) is 11.5. The molecular formula is C21H41IN4O4. The number of rotatable bonds is 10. The average molecular weight is 540 g/mol. The van der Waals surface area contributed by atoms with Crippen molar-refractivity contribution in [2.45, 2.75) is 64.5 Å². The second-order valence-electron chi connectivity index (χ2n) is 8.81. The van der Waals surface area contributed by atoms with Crippen molar-refractivity contribution in [1.29, 1.82) is 0 Å². The number of ether oxygens (including phenoxy) is 3. The van der Waals surface area contributed by atoms with E-state index in [0.717, 1.165) is 71.0 Å². The van der Waals surface area contributed by atoms with Gasteiger partial charge in [0.05, 0.1) is 0 Å². The van der Waals surface area contributed by atoms with E-state index in [0.29, 0.717) is 25.0 Å². The maximum absolute atomic E-state index is 12.4. The minimum absolute atomic E-state index is 0. The van der Waals surface area contributed by atoms with Gasteiger partial charge in [-0.2, -0.15) is 0 Å². The van der Waals surface area contributed by atoms with Crippen molar-refractivity contribution in [3.05, 3.63) is 0 Å². The third-order valence-corrected chi connectivity index (χ3v) is 4.94. The van der Waals surface area contributed by atoms with E-state index in [1.165, 1.54) is 0 Å². The molecule has 2 N–H and O–H groups in total. The molecule has 0 atom stereocenters. The number of guanidine groups is 1. The molecule has 1 heterocycles. The van der Waals surface area contributed by atoms with Gasteiger partial charge in [0.15, 0.2) is 5.96 Å². The fraction of sp³-hybridized carbons (Fsp3) is 0.905. The van der Waals surface area contributed by atoms with Crippen molar-refractivity contribution >= 4 is 36.0 Å². The summed E-state index contributed by atoms with van der Waals surface area (Å²) in [6.45, 7) is 11.0. The van der Waals surface area contributed by atoms with Gasteiger partial charge in [-0.15, -0.1) is 24.0 Å². The van der Waals surface area contributed by atoms with Crippen LogP contribution in [0.5, 0.6) is 0 Å². The lowest BCUT2D eigenvalue weighted by Crippen LogP contribution is -2.45. The summed E-state index contributed by atoms with van der Waals surface area (Å²) in [7, 11) is 1.75. The molecule has 2 fully saturated rings. The Kier molecular flexibility index (Phi) is 13.0. The number of nitrogens with zero attached hydrogens (tertiary/aromatic N) is 2. The first-order valence-electron chi connectivity index (χ1n) is 11.0. The summed E-state index contributed by atoms with van der Waals surface area (Å²) in [5.74, 6) is 1.39. The van der Waals surface area contributed by atoms with E-state index in [4.69, 9.17) is 14.2 Å². The number of nitrogens with one attached hydrogen (secondary N) is 2. The van der Waals surface area contributed by atoms with Gasteiger partial charge in [-0.3, -0.25) is 4.99 Å². The SMILES string of the molecule is CN=C(NCCCOCC1CCOCC1)NCCN(C(=O)OC(C)(C)C)C1CC1.I. The van der Waals surface area contributed by atoms with Crippen molar-refractivity contribution < 1.29 is 19.0 Å². The number of aliphatic imine (C=N–C) groups is 1. The molecule has 1 amide bonds. The first kappa shape index (κ1) is 27.2. The van der Waals surface area contributed by atoms with Crippen LogP contribution in [-0.4, -0.2) is 81.7 Å². The first-order valence-corrected chi connectivity index (χ1v) is 11.0. The van der Waals surface area contributed by atoms with E-state index < -0.39 is 5.60 Å². The summed E-state index contributed by atoms with van der Waals surface area (Å²) in [5.41, 5.74) is -0.470. The van der Waals surface area contributed by atoms with Gasteiger partial charge in [0.2, 0.25) is 0 Å². The normalized spacial score (nSPS) is 17.8. The highest BCUT2D eigenvalue weighted by Crippen LogP contribution is 2.28. The predicted molar refractivity (Wildman–Crippen MR) is 130 cm³/mol. The van der Waals surface area contributed by atoms with Gasteiger partial charge in [0, 0.05) is 59.2 Å². The van der Waals surface area contributed by atoms with E-state index in [1.807, 2.05) is 25.7 Å². The number of amides is 1. The molecule has 0 aromatic rings. The van der Waals surface area contributed by atoms with Gasteiger partial charge in [0.25, 0.3) is 0 Å². The molecule has 176 valence electrons. The van der Waals surface area contributed by atoms with Crippen LogP contribution in [0.1, 0.15) is 52.9 Å². The Morgan fingerprint density at radius 2 is 1.80 bits per heavy atom. The molecule has 30 heavy (non-hydrogen) atoms. The van der Waals surface area contributed by atoms with Crippen LogP contribution in [0, 0.1) is 5.92 Å². The van der Waals surface area contributed by atoms with Crippen molar-refractivity contribution in [1.82, 2.24) is 15.5 Å². The maximum atomic E-state index is 12.4. The highest BCUT2D eigenvalue weighted by Gasteiger charge is 2.34. The van der Waals surface area contributed by atoms with Crippen LogP contribution in [0.15, 0.2) is 4.99 Å². The Morgan fingerprint density at radius 1 is 1.13 bits per heavy atom. The molecular weight excluding hydrogens is 499 g/mol. The highest BCUT2D eigenvalue weighted by molar-refractivity contribution is 14.0. The minimum atomic E-state index is -0.470. The first-order chi connectivity index (χ1) is 13.9. The Bertz CT molecular complexity index is 518. The second kappa shape index (κ2) is 14.3. The standard InChI is InChI=1S/C21H40N4O4.HI/c1-21(2,3)29-20(26)25(18-6-7-18)12-11-24-19(22-4)23-10-5-13-28-16-17-8-14-27-15-9-17;/h17-18H,5-16H2,1-4H3,(H2,22,23,24);1H. The van der Waals surface area contributed by atoms with E-state index >= 15 is 0 Å². The summed E-state index contributed by atoms with van der Waals surface area (Å²) in [4.78, 5) is 18.5. The molecule has 0 spiro atoms. The molecule has 0 aromatic heterocycles. The summed E-state index contributed by atoms with van der Waals surface area (Å²) >= 11 is 0. The van der Waals surface area contributed by atoms with Crippen LogP contribution in [0.25, 0.3) is 0 Å². The summed E-state index contributed by atoms with van der Waals surface area (Å²) in [6, 6.07) is 0.314. The topological polar surface area (TPSA) is 84.4 Å². The molecule has 8 nitrogen and oxygen atoms in total. The molecule has 2 aliphatic rings. The van der Waals surface area contributed by atoms with E-state index in [2.05, 4.69) is 15.6 Å². The zero-order valence-electron chi connectivity index (χ0n) is 19.1. The summed E-state index contributed by atoms with van der Waals surface area (Å²) in [6.07, 6.45) is 5.02. The largest absolute Gasteiger partial charge is 0.444 e. The van der Waals surface area contributed by atoms with Crippen LogP contribution in [-0.2, 0) is 14.2 Å². The van der Waals surface area contributed by atoms with Gasteiger partial charge in [0.1, 0.15) is 5.60 Å². The van der Waals surface area contributed by atoms with Crippen LogP contribution < -0.4 is 10.6 Å². The fourth-order valence-electron chi connectivity index (χ4n) is 3.19. The lowest BCUT2D eigenvalue weighted by atomic mass is 10.0. The molecule has 0 bridgehead atoms. The Morgan fingerprint density at radius 3 is 2.40 bits per heavy atom. The zero-order chi connectivity index (χ0) is 21.1. The average Bonchev–Trinajstić information content (AvgIpc) is 3.50. The van der Waals surface area contributed by atoms with Crippen molar-refractivity contribution in [2.24, 2.45) is 10.9 Å². The Labute approximate surface area is 198 Å². The molecule has 0 aromatic carbocycles. The summed E-state index contributed by atoms with van der Waals surface area (Å²) in [5, 5.41) is 6.58. The fourth-order valence-corrected chi connectivity index (χ4v) is 3.19. The van der Waals surface area contributed by atoms with Gasteiger partial charge < -0.3 is 29.7 Å². The minimum Gasteiger partial charge on any atom is -0.444 e. The number of hydrogen-bond acceptors (Lipinski definition) is 5. The van der Waals surface area contributed by atoms with Crippen molar-refractivity contribution in [3.63, 3.8) is 0 Å². The van der Waals surface area contributed by atoms with Crippen LogP contribution in [0.2, 0.25) is 0 Å². The predicted octanol–water partition coefficient (Wildman–Crippen LogP) is 3.00. The van der Waals surface area contributed by atoms with Crippen molar-refractivity contribution in [2.75, 3.05) is 53.1 Å². The van der Waals surface area contributed by atoms with E-state index in [-0.39, 0.29) is 30.1 Å². The van der Waals surface area contributed by atoms with Gasteiger partial charge >= 0.3 is 6.09 Å². The lowest BCUT2D eigenvalue weighted by molar-refractivity contribution is 0.0203. The molecule has 0 unspecified atom stereocenters. The molecule has 1 aliphatic carbocycles. The highest BCUT2D eigenvalue weighted by atomic mass is 127. The lowest BCUT2D eigenvalue weighted by Gasteiger charge is -2.27. The number of carbonyl (C=O) groups is 1. The molecule has 2 rings (SSSR count). The number of halogens is 1. The molecule has 1 saturated heterocycles. The van der Waals surface area contributed by atoms with Gasteiger partial charge in [-0.05, 0) is 58.8 Å². The number of carbonyl (C=O) groups excluding carboxylic acids is 1. The zero-order valence-corrected chi connectivity index (χ0v) is 21.4. The van der Waals surface area contributed by atoms with Crippen molar-refractivity contribution in [3.8, 4) is 0 Å². The van der Waals surface area contributed by atoms with Crippen LogP contribution in [0.3, 0.4) is 0 Å². The molecule has 9 heteroatoms. The van der Waals surface area contributed by atoms with Gasteiger partial charge in [-0.25, -0.2) is 4.79 Å². The van der Waals surface area contributed by atoms with Crippen LogP contribution in [0.4, 0.5) is 4.79 Å². The van der Waals surface area contributed by atoms with E-state index in [1.54, 1.807) is 7.05 Å². The van der Waals surface area contributed by atoms with E-state index in [9.17, 15) is 4.79 Å². The third-order valence-electron chi connectivity index (χ3n) is 4.94. The van der Waals surface area contributed by atoms with Gasteiger partial charge in [-0.1, -0.05) is 0 Å². The number of hydrogen-bond donors (Lipinski definition) is 2. The van der Waals surface area contributed by atoms with Crippen LogP contribution >= 0.6 is 24.0 Å². The molecule has 1 saturated carbocycles. The Balaban J connectivity index is 0.00000450. The second-order valence-corrected chi connectivity index (χ2v) is 8.81.